The van der Waals surface area contributed by atoms with Crippen LogP contribution >= 0.6 is 15.9 Å². The zero-order chi connectivity index (χ0) is 12.3. The van der Waals surface area contributed by atoms with Gasteiger partial charge in [-0.15, -0.1) is 0 Å². The quantitative estimate of drug-likeness (QED) is 0.930. The number of ether oxygens (including phenoxy) is 1. The number of nitrogens with two attached hydrogens (primary N) is 1. The molecular weight excluding hydrogens is 282 g/mol. The Bertz CT molecular complexity index is 380. The summed E-state index contributed by atoms with van der Waals surface area (Å²) in [7, 11) is 2.05. The number of nitrogens with zero attached hydrogens (tertiary/aromatic N) is 2. The topological polar surface area (TPSA) is 51.4 Å². The number of hydrogen-bond acceptors (Lipinski definition) is 4. The molecular formula is C12H18BrN3O. The van der Waals surface area contributed by atoms with Crippen LogP contribution in [0.4, 0.5) is 11.5 Å². The van der Waals surface area contributed by atoms with Crippen molar-refractivity contribution in [2.45, 2.75) is 12.8 Å². The molecule has 2 N–H and O–H groups in total. The summed E-state index contributed by atoms with van der Waals surface area (Å²) in [6.07, 6.45) is 4.08. The van der Waals surface area contributed by atoms with Crippen molar-refractivity contribution in [1.29, 1.82) is 0 Å². The third-order valence-electron chi connectivity index (χ3n) is 2.99. The Kier molecular flexibility index (Phi) is 4.23. The summed E-state index contributed by atoms with van der Waals surface area (Å²) in [4.78, 5) is 6.51. The van der Waals surface area contributed by atoms with E-state index in [1.165, 1.54) is 6.42 Å². The van der Waals surface area contributed by atoms with E-state index in [-0.39, 0.29) is 0 Å². The van der Waals surface area contributed by atoms with Crippen LogP contribution in [-0.2, 0) is 4.74 Å². The smallest absolute Gasteiger partial charge is 0.142 e. The Morgan fingerprint density at radius 1 is 1.65 bits per heavy atom. The molecule has 1 aromatic heterocycles. The first kappa shape index (κ1) is 12.6. The van der Waals surface area contributed by atoms with Crippen molar-refractivity contribution < 1.29 is 4.74 Å². The molecule has 5 heteroatoms. The number of nitrogen functional groups attached to an aromatic ring is 1. The first-order valence-corrected chi connectivity index (χ1v) is 6.66. The van der Waals surface area contributed by atoms with Gasteiger partial charge >= 0.3 is 0 Å². The van der Waals surface area contributed by atoms with Crippen molar-refractivity contribution in [3.8, 4) is 0 Å². The van der Waals surface area contributed by atoms with Crippen molar-refractivity contribution in [3.63, 3.8) is 0 Å². The molecule has 4 nitrogen and oxygen atoms in total. The maximum atomic E-state index is 5.68. The molecule has 2 rings (SSSR count). The van der Waals surface area contributed by atoms with E-state index in [4.69, 9.17) is 10.5 Å². The van der Waals surface area contributed by atoms with Gasteiger partial charge in [-0.2, -0.15) is 0 Å². The molecule has 0 bridgehead atoms. The summed E-state index contributed by atoms with van der Waals surface area (Å²) >= 11 is 3.50. The van der Waals surface area contributed by atoms with Gasteiger partial charge in [-0.25, -0.2) is 4.98 Å². The standard InChI is InChI=1S/C12H18BrN3O/c1-16(7-9-3-2-4-17-8-9)12-11(13)5-10(14)6-15-12/h5-6,9H,2-4,7-8,14H2,1H3. The maximum Gasteiger partial charge on any atom is 0.142 e. The zero-order valence-corrected chi connectivity index (χ0v) is 11.6. The lowest BCUT2D eigenvalue weighted by molar-refractivity contribution is 0.0576. The molecule has 0 saturated carbocycles. The lowest BCUT2D eigenvalue weighted by Crippen LogP contribution is -2.31. The normalized spacial score (nSPS) is 20.2. The van der Waals surface area contributed by atoms with Crippen LogP contribution in [-0.4, -0.2) is 31.8 Å². The first-order valence-electron chi connectivity index (χ1n) is 5.86. The third kappa shape index (κ3) is 3.33. The summed E-state index contributed by atoms with van der Waals surface area (Å²) in [5, 5.41) is 0. The lowest BCUT2D eigenvalue weighted by atomic mass is 10.0. The average molecular weight is 300 g/mol. The summed E-state index contributed by atoms with van der Waals surface area (Å²) in [6, 6.07) is 1.89. The first-order chi connectivity index (χ1) is 8.16. The van der Waals surface area contributed by atoms with Gasteiger partial charge in [-0.3, -0.25) is 0 Å². The van der Waals surface area contributed by atoms with E-state index in [1.54, 1.807) is 6.20 Å². The third-order valence-corrected chi connectivity index (χ3v) is 3.57. The Labute approximate surface area is 110 Å². The van der Waals surface area contributed by atoms with Crippen molar-refractivity contribution in [2.75, 3.05) is 37.4 Å². The molecule has 1 aromatic rings. The minimum Gasteiger partial charge on any atom is -0.397 e. The molecule has 17 heavy (non-hydrogen) atoms. The fourth-order valence-electron chi connectivity index (χ4n) is 2.15. The zero-order valence-electron chi connectivity index (χ0n) is 10.0. The highest BCUT2D eigenvalue weighted by atomic mass is 79.9. The fraction of sp³-hybridized carbons (Fsp3) is 0.583. The van der Waals surface area contributed by atoms with Crippen LogP contribution in [0.1, 0.15) is 12.8 Å². The second-order valence-electron chi connectivity index (χ2n) is 4.54. The Balaban J connectivity index is 2.00. The van der Waals surface area contributed by atoms with Crippen LogP contribution in [0.2, 0.25) is 0 Å². The lowest BCUT2D eigenvalue weighted by Gasteiger charge is -2.28. The molecule has 0 aliphatic carbocycles. The molecule has 0 radical (unpaired) electrons. The van der Waals surface area contributed by atoms with Crippen LogP contribution in [0.15, 0.2) is 16.7 Å². The van der Waals surface area contributed by atoms with E-state index in [2.05, 4.69) is 32.9 Å². The molecule has 1 atom stereocenters. The summed E-state index contributed by atoms with van der Waals surface area (Å²) < 4.78 is 6.43. The van der Waals surface area contributed by atoms with Gasteiger partial charge in [0.1, 0.15) is 5.82 Å². The molecule has 1 saturated heterocycles. The van der Waals surface area contributed by atoms with Crippen LogP contribution < -0.4 is 10.6 Å². The predicted molar refractivity (Wildman–Crippen MR) is 73.2 cm³/mol. The fourth-order valence-corrected chi connectivity index (χ4v) is 2.82. The number of halogens is 1. The van der Waals surface area contributed by atoms with Crippen molar-refractivity contribution in [3.05, 3.63) is 16.7 Å². The van der Waals surface area contributed by atoms with Gasteiger partial charge in [-0.1, -0.05) is 0 Å². The number of pyridine rings is 1. The van der Waals surface area contributed by atoms with Gasteiger partial charge in [0.05, 0.1) is 23.0 Å². The van der Waals surface area contributed by atoms with E-state index in [0.29, 0.717) is 11.6 Å². The van der Waals surface area contributed by atoms with Gasteiger partial charge in [0, 0.05) is 20.2 Å². The summed E-state index contributed by atoms with van der Waals surface area (Å²) in [5.41, 5.74) is 6.36. The predicted octanol–water partition coefficient (Wildman–Crippen LogP) is 2.29. The van der Waals surface area contributed by atoms with Crippen molar-refractivity contribution in [2.24, 2.45) is 5.92 Å². The molecule has 0 amide bonds. The molecule has 94 valence electrons. The van der Waals surface area contributed by atoms with Crippen molar-refractivity contribution in [1.82, 2.24) is 4.98 Å². The molecule has 0 aromatic carbocycles. The van der Waals surface area contributed by atoms with Crippen LogP contribution in [0, 0.1) is 5.92 Å². The Morgan fingerprint density at radius 3 is 3.12 bits per heavy atom. The molecule has 1 aliphatic rings. The molecule has 2 heterocycles. The minimum atomic E-state index is 0.597. The van der Waals surface area contributed by atoms with Gasteiger partial charge in [-0.05, 0) is 40.8 Å². The molecule has 1 unspecified atom stereocenters. The van der Waals surface area contributed by atoms with Crippen LogP contribution in [0.5, 0.6) is 0 Å². The van der Waals surface area contributed by atoms with Crippen LogP contribution in [0.25, 0.3) is 0 Å². The minimum absolute atomic E-state index is 0.597. The number of rotatable bonds is 3. The van der Waals surface area contributed by atoms with Crippen LogP contribution in [0.3, 0.4) is 0 Å². The summed E-state index contributed by atoms with van der Waals surface area (Å²) in [5.74, 6) is 1.53. The van der Waals surface area contributed by atoms with Gasteiger partial charge in [0.2, 0.25) is 0 Å². The number of anilines is 2. The largest absolute Gasteiger partial charge is 0.397 e. The highest BCUT2D eigenvalue weighted by molar-refractivity contribution is 9.10. The SMILES string of the molecule is CN(CC1CCCOC1)c1ncc(N)cc1Br. The van der Waals surface area contributed by atoms with Gasteiger partial charge < -0.3 is 15.4 Å². The number of hydrogen-bond donors (Lipinski definition) is 1. The van der Waals surface area contributed by atoms with E-state index in [1.807, 2.05) is 6.07 Å². The van der Waals surface area contributed by atoms with E-state index < -0.39 is 0 Å². The average Bonchev–Trinajstić information content (AvgIpc) is 2.30. The highest BCUT2D eigenvalue weighted by Gasteiger charge is 2.17. The van der Waals surface area contributed by atoms with Crippen molar-refractivity contribution >= 4 is 27.4 Å². The van der Waals surface area contributed by atoms with E-state index in [0.717, 1.165) is 36.5 Å². The maximum absolute atomic E-state index is 5.68. The van der Waals surface area contributed by atoms with E-state index >= 15 is 0 Å². The van der Waals surface area contributed by atoms with Gasteiger partial charge in [0.25, 0.3) is 0 Å². The molecule has 1 aliphatic heterocycles. The summed E-state index contributed by atoms with van der Waals surface area (Å²) in [6.45, 7) is 2.73. The monoisotopic (exact) mass is 299 g/mol. The van der Waals surface area contributed by atoms with Gasteiger partial charge in [0.15, 0.2) is 0 Å². The number of aromatic nitrogens is 1. The molecule has 1 fully saturated rings. The Morgan fingerprint density at radius 2 is 2.47 bits per heavy atom. The molecule has 0 spiro atoms. The second-order valence-corrected chi connectivity index (χ2v) is 5.39. The van der Waals surface area contributed by atoms with E-state index in [9.17, 15) is 0 Å². The highest BCUT2D eigenvalue weighted by Crippen LogP contribution is 2.26. The second kappa shape index (κ2) is 5.69. The Hall–Kier alpha value is -0.810.